The minimum atomic E-state index is -3.89. The minimum absolute atomic E-state index is 0.0622. The van der Waals surface area contributed by atoms with Crippen LogP contribution in [0.3, 0.4) is 0 Å². The number of hydrogen-bond donors (Lipinski definition) is 1. The number of carbonyl (C=O) groups excluding carboxylic acids is 1. The summed E-state index contributed by atoms with van der Waals surface area (Å²) in [6.07, 6.45) is 0.727. The molecule has 1 rings (SSSR count). The van der Waals surface area contributed by atoms with E-state index in [9.17, 15) is 13.2 Å². The number of ether oxygens (including phenoxy) is 2. The summed E-state index contributed by atoms with van der Waals surface area (Å²) in [5, 5.41) is 5.07. The molecular formula is C14H21NO5S. The molecule has 0 aliphatic heterocycles. The monoisotopic (exact) mass is 315 g/mol. The Morgan fingerprint density at radius 1 is 1.33 bits per heavy atom. The fourth-order valence-electron chi connectivity index (χ4n) is 1.59. The largest absolute Gasteiger partial charge is 0.493 e. The van der Waals surface area contributed by atoms with E-state index in [1.807, 2.05) is 13.8 Å². The van der Waals surface area contributed by atoms with Crippen LogP contribution in [0.5, 0.6) is 5.75 Å². The van der Waals surface area contributed by atoms with Crippen LogP contribution in [0.25, 0.3) is 0 Å². The molecule has 0 aromatic heterocycles. The SMILES string of the molecule is CCOc1ccc(S(N)(=O)=O)cc1C(=O)OCCC(C)C. The number of esters is 1. The van der Waals surface area contributed by atoms with Crippen molar-refractivity contribution in [2.24, 2.45) is 11.1 Å². The van der Waals surface area contributed by atoms with Gasteiger partial charge < -0.3 is 9.47 Å². The lowest BCUT2D eigenvalue weighted by Gasteiger charge is -2.12. The van der Waals surface area contributed by atoms with E-state index in [0.717, 1.165) is 6.42 Å². The zero-order valence-electron chi connectivity index (χ0n) is 12.5. The Morgan fingerprint density at radius 3 is 2.52 bits per heavy atom. The first-order valence-corrected chi connectivity index (χ1v) is 8.27. The number of benzene rings is 1. The van der Waals surface area contributed by atoms with Gasteiger partial charge in [0.2, 0.25) is 10.0 Å². The number of primary sulfonamides is 1. The second kappa shape index (κ2) is 7.42. The van der Waals surface area contributed by atoms with Crippen molar-refractivity contribution in [1.29, 1.82) is 0 Å². The molecule has 0 bridgehead atoms. The van der Waals surface area contributed by atoms with Gasteiger partial charge in [0.25, 0.3) is 0 Å². The molecule has 0 saturated carbocycles. The number of nitrogens with two attached hydrogens (primary N) is 1. The summed E-state index contributed by atoms with van der Waals surface area (Å²) < 4.78 is 33.2. The summed E-state index contributed by atoms with van der Waals surface area (Å²) in [5.41, 5.74) is 0.0622. The van der Waals surface area contributed by atoms with Crippen molar-refractivity contribution in [1.82, 2.24) is 0 Å². The number of hydrogen-bond acceptors (Lipinski definition) is 5. The average molecular weight is 315 g/mol. The molecule has 1 aromatic rings. The van der Waals surface area contributed by atoms with E-state index in [0.29, 0.717) is 12.5 Å². The van der Waals surface area contributed by atoms with Crippen LogP contribution in [0.2, 0.25) is 0 Å². The lowest BCUT2D eigenvalue weighted by Crippen LogP contribution is -2.15. The Hall–Kier alpha value is -1.60. The van der Waals surface area contributed by atoms with Gasteiger partial charge in [-0.1, -0.05) is 13.8 Å². The zero-order chi connectivity index (χ0) is 16.0. The van der Waals surface area contributed by atoms with Crippen molar-refractivity contribution >= 4 is 16.0 Å². The van der Waals surface area contributed by atoms with E-state index in [-0.39, 0.29) is 22.8 Å². The van der Waals surface area contributed by atoms with Crippen LogP contribution in [0.1, 0.15) is 37.6 Å². The van der Waals surface area contributed by atoms with Crippen LogP contribution in [-0.4, -0.2) is 27.6 Å². The van der Waals surface area contributed by atoms with Gasteiger partial charge in [-0.25, -0.2) is 18.4 Å². The highest BCUT2D eigenvalue weighted by Crippen LogP contribution is 2.23. The van der Waals surface area contributed by atoms with Gasteiger partial charge >= 0.3 is 5.97 Å². The molecule has 0 amide bonds. The third-order valence-electron chi connectivity index (χ3n) is 2.73. The summed E-state index contributed by atoms with van der Waals surface area (Å²) in [4.78, 5) is 11.9. The Morgan fingerprint density at radius 2 is 2.00 bits per heavy atom. The normalized spacial score (nSPS) is 11.5. The summed E-state index contributed by atoms with van der Waals surface area (Å²) in [7, 11) is -3.89. The third kappa shape index (κ3) is 5.35. The highest BCUT2D eigenvalue weighted by Gasteiger charge is 2.18. The fraction of sp³-hybridized carbons (Fsp3) is 0.500. The van der Waals surface area contributed by atoms with Gasteiger partial charge in [0.15, 0.2) is 0 Å². The second-order valence-electron chi connectivity index (χ2n) is 4.95. The van der Waals surface area contributed by atoms with Gasteiger partial charge in [0, 0.05) is 0 Å². The van der Waals surface area contributed by atoms with Crippen molar-refractivity contribution in [3.63, 3.8) is 0 Å². The lowest BCUT2D eigenvalue weighted by atomic mass is 10.1. The smallest absolute Gasteiger partial charge is 0.341 e. The Bertz CT molecular complexity index is 595. The Kier molecular flexibility index (Phi) is 6.17. The molecule has 118 valence electrons. The van der Waals surface area contributed by atoms with Crippen LogP contribution in [-0.2, 0) is 14.8 Å². The molecule has 0 heterocycles. The van der Waals surface area contributed by atoms with E-state index < -0.39 is 16.0 Å². The number of carbonyl (C=O) groups is 1. The standard InChI is InChI=1S/C14H21NO5S/c1-4-19-13-6-5-11(21(15,17)18)9-12(13)14(16)20-8-7-10(2)3/h5-6,9-10H,4,7-8H2,1-3H3,(H2,15,17,18). The first kappa shape index (κ1) is 17.5. The summed E-state index contributed by atoms with van der Waals surface area (Å²) in [5.74, 6) is 0.0592. The van der Waals surface area contributed by atoms with E-state index in [1.54, 1.807) is 6.92 Å². The molecular weight excluding hydrogens is 294 g/mol. The molecule has 0 aliphatic carbocycles. The van der Waals surface area contributed by atoms with Gasteiger partial charge in [-0.2, -0.15) is 0 Å². The molecule has 1 aromatic carbocycles. The fourth-order valence-corrected chi connectivity index (χ4v) is 2.13. The summed E-state index contributed by atoms with van der Waals surface area (Å²) >= 11 is 0. The van der Waals surface area contributed by atoms with Gasteiger partial charge in [-0.05, 0) is 37.5 Å². The van der Waals surface area contributed by atoms with E-state index in [2.05, 4.69) is 0 Å². The number of sulfonamides is 1. The summed E-state index contributed by atoms with van der Waals surface area (Å²) in [6, 6.07) is 3.88. The maximum absolute atomic E-state index is 12.1. The van der Waals surface area contributed by atoms with Crippen molar-refractivity contribution < 1.29 is 22.7 Å². The predicted octanol–water partition coefficient (Wildman–Crippen LogP) is 1.94. The van der Waals surface area contributed by atoms with Crippen LogP contribution < -0.4 is 9.88 Å². The molecule has 0 aliphatic rings. The van der Waals surface area contributed by atoms with Crippen molar-refractivity contribution in [2.75, 3.05) is 13.2 Å². The molecule has 0 saturated heterocycles. The van der Waals surface area contributed by atoms with E-state index >= 15 is 0 Å². The van der Waals surface area contributed by atoms with E-state index in [4.69, 9.17) is 14.6 Å². The van der Waals surface area contributed by atoms with Gasteiger partial charge in [-0.3, -0.25) is 0 Å². The highest BCUT2D eigenvalue weighted by atomic mass is 32.2. The number of rotatable bonds is 7. The van der Waals surface area contributed by atoms with Gasteiger partial charge in [0.1, 0.15) is 11.3 Å². The first-order valence-electron chi connectivity index (χ1n) is 6.72. The second-order valence-corrected chi connectivity index (χ2v) is 6.52. The van der Waals surface area contributed by atoms with Crippen molar-refractivity contribution in [3.8, 4) is 5.75 Å². The molecule has 6 nitrogen and oxygen atoms in total. The van der Waals surface area contributed by atoms with Crippen LogP contribution >= 0.6 is 0 Å². The predicted molar refractivity (Wildman–Crippen MR) is 78.7 cm³/mol. The Labute approximate surface area is 125 Å². The molecule has 0 unspecified atom stereocenters. The van der Waals surface area contributed by atoms with Crippen LogP contribution in [0.4, 0.5) is 0 Å². The maximum atomic E-state index is 12.1. The summed E-state index contributed by atoms with van der Waals surface area (Å²) in [6.45, 7) is 6.41. The topological polar surface area (TPSA) is 95.7 Å². The maximum Gasteiger partial charge on any atom is 0.341 e. The average Bonchev–Trinajstić information content (AvgIpc) is 2.37. The zero-order valence-corrected chi connectivity index (χ0v) is 13.3. The van der Waals surface area contributed by atoms with Crippen molar-refractivity contribution in [2.45, 2.75) is 32.1 Å². The van der Waals surface area contributed by atoms with Gasteiger partial charge in [-0.15, -0.1) is 0 Å². The molecule has 0 radical (unpaired) electrons. The Balaban J connectivity index is 3.02. The molecule has 0 spiro atoms. The van der Waals surface area contributed by atoms with Crippen molar-refractivity contribution in [3.05, 3.63) is 23.8 Å². The molecule has 7 heteroatoms. The highest BCUT2D eigenvalue weighted by molar-refractivity contribution is 7.89. The van der Waals surface area contributed by atoms with Crippen LogP contribution in [0.15, 0.2) is 23.1 Å². The first-order chi connectivity index (χ1) is 9.75. The van der Waals surface area contributed by atoms with Gasteiger partial charge in [0.05, 0.1) is 18.1 Å². The minimum Gasteiger partial charge on any atom is -0.493 e. The van der Waals surface area contributed by atoms with Crippen LogP contribution in [0, 0.1) is 5.92 Å². The lowest BCUT2D eigenvalue weighted by molar-refractivity contribution is 0.0483. The molecule has 2 N–H and O–H groups in total. The quantitative estimate of drug-likeness (QED) is 0.776. The van der Waals surface area contributed by atoms with E-state index in [1.165, 1.54) is 18.2 Å². The molecule has 21 heavy (non-hydrogen) atoms. The third-order valence-corrected chi connectivity index (χ3v) is 3.64. The molecule has 0 atom stereocenters. The molecule has 0 fully saturated rings.